The predicted octanol–water partition coefficient (Wildman–Crippen LogP) is 1.17. The molecule has 0 fully saturated rings. The van der Waals surface area contributed by atoms with Crippen LogP contribution in [0.2, 0.25) is 0 Å². The highest BCUT2D eigenvalue weighted by Crippen LogP contribution is 1.52. The second kappa shape index (κ2) is 31.1. The number of rotatable bonds is 1. The van der Waals surface area contributed by atoms with Crippen LogP contribution in [0.4, 0.5) is 0 Å². The van der Waals surface area contributed by atoms with Crippen molar-refractivity contribution in [2.45, 2.75) is 0 Å². The van der Waals surface area contributed by atoms with Crippen LogP contribution in [0.3, 0.4) is 0 Å². The Morgan fingerprint density at radius 1 is 1.00 bits per heavy atom. The second-order valence-corrected chi connectivity index (χ2v) is 0.471. The van der Waals surface area contributed by atoms with E-state index in [1.165, 1.54) is 0 Å². The Morgan fingerprint density at radius 2 is 1.17 bits per heavy atom. The molecule has 0 rings (SSSR count). The minimum absolute atomic E-state index is 1.64. The lowest BCUT2D eigenvalue weighted by molar-refractivity contribution is -0.0979. The first-order valence-corrected chi connectivity index (χ1v) is 1.44. The summed E-state index contributed by atoms with van der Waals surface area (Å²) in [5, 5.41) is 0. The van der Waals surface area contributed by atoms with Gasteiger partial charge in [-0.2, -0.15) is 0 Å². The van der Waals surface area contributed by atoms with Crippen molar-refractivity contribution in [1.82, 2.24) is 0 Å². The van der Waals surface area contributed by atoms with Crippen LogP contribution in [0.5, 0.6) is 0 Å². The molecule has 0 aromatic heterocycles. The van der Waals surface area contributed by atoms with E-state index in [0.717, 1.165) is 0 Å². The summed E-state index contributed by atoms with van der Waals surface area (Å²) in [6.45, 7) is 8.72. The Balaban J connectivity index is 0. The zero-order valence-corrected chi connectivity index (χ0v) is 3.68. The lowest BCUT2D eigenvalue weighted by Gasteiger charge is -1.44. The number of carbonyl (C=O) groups excluding carboxylic acids is 1. The lowest BCUT2D eigenvalue weighted by atomic mass is 10.6. The fraction of sp³-hybridized carbons (Fsp3) is 0. The minimum atomic E-state index is 1.64. The first-order valence-electron chi connectivity index (χ1n) is 1.44. The molecule has 1 heteroatoms. The van der Waals surface area contributed by atoms with Gasteiger partial charge >= 0.3 is 0 Å². The fourth-order valence-corrected chi connectivity index (χ4v) is 0. The Morgan fingerprint density at radius 3 is 1.17 bits per heavy atom. The lowest BCUT2D eigenvalue weighted by Crippen LogP contribution is -1.21. The van der Waals surface area contributed by atoms with Gasteiger partial charge in [-0.15, -0.1) is 0 Å². The summed E-state index contributed by atoms with van der Waals surface area (Å²) in [5.74, 6) is 0. The molecule has 1 nitrogen and oxygen atoms in total. The van der Waals surface area contributed by atoms with Gasteiger partial charge in [0, 0.05) is 0 Å². The molecule has 0 aromatic rings. The average molecular weight is 84.1 g/mol. The van der Waals surface area contributed by atoms with E-state index in [2.05, 4.69) is 13.2 Å². The van der Waals surface area contributed by atoms with E-state index in [9.17, 15) is 0 Å². The first-order chi connectivity index (χ1) is 2.91. The normalized spacial score (nSPS) is 4.00. The summed E-state index contributed by atoms with van der Waals surface area (Å²) in [5.41, 5.74) is 0. The Labute approximate surface area is 38.0 Å². The summed E-state index contributed by atoms with van der Waals surface area (Å²) in [4.78, 5) is 8.00. The topological polar surface area (TPSA) is 17.1 Å². The maximum atomic E-state index is 8.00. The van der Waals surface area contributed by atoms with Gasteiger partial charge in [-0.25, -0.2) is 0 Å². The molecule has 34 valence electrons. The zero-order valence-electron chi connectivity index (χ0n) is 3.68. The van der Waals surface area contributed by atoms with E-state index in [1.807, 2.05) is 6.79 Å². The molecule has 0 saturated carbocycles. The molecule has 0 radical (unpaired) electrons. The van der Waals surface area contributed by atoms with Crippen LogP contribution in [0.1, 0.15) is 0 Å². The summed E-state index contributed by atoms with van der Waals surface area (Å²) < 4.78 is 0. The van der Waals surface area contributed by atoms with Crippen LogP contribution in [0, 0.1) is 0 Å². The SMILES string of the molecule is C=CC=C.C=O. The van der Waals surface area contributed by atoms with Crippen molar-refractivity contribution < 1.29 is 4.79 Å². The molecule has 0 bridgehead atoms. The van der Waals surface area contributed by atoms with Crippen LogP contribution in [0.25, 0.3) is 0 Å². The summed E-state index contributed by atoms with van der Waals surface area (Å²) in [7, 11) is 0. The molecule has 0 atom stereocenters. The summed E-state index contributed by atoms with van der Waals surface area (Å²) >= 11 is 0. The van der Waals surface area contributed by atoms with Gasteiger partial charge in [0.25, 0.3) is 0 Å². The number of carbonyl (C=O) groups is 1. The van der Waals surface area contributed by atoms with Crippen LogP contribution in [-0.2, 0) is 4.79 Å². The number of allylic oxidation sites excluding steroid dienone is 2. The molecule has 0 aliphatic carbocycles. The molecule has 0 heterocycles. The molecule has 0 saturated heterocycles. The Bertz CT molecular complexity index is 33.2. The highest BCUT2D eigenvalue weighted by molar-refractivity contribution is 5.10. The van der Waals surface area contributed by atoms with Gasteiger partial charge in [0.1, 0.15) is 6.79 Å². The molecular formula is C5H8O. The van der Waals surface area contributed by atoms with Crippen LogP contribution >= 0.6 is 0 Å². The van der Waals surface area contributed by atoms with Gasteiger partial charge in [0.15, 0.2) is 0 Å². The second-order valence-electron chi connectivity index (χ2n) is 0.471. The maximum absolute atomic E-state index is 8.00. The van der Waals surface area contributed by atoms with Crippen molar-refractivity contribution in [3.05, 3.63) is 25.3 Å². The van der Waals surface area contributed by atoms with Crippen molar-refractivity contribution in [3.63, 3.8) is 0 Å². The molecule has 0 spiro atoms. The van der Waals surface area contributed by atoms with Crippen molar-refractivity contribution in [2.75, 3.05) is 0 Å². The number of hydrogen-bond acceptors (Lipinski definition) is 1. The Hall–Kier alpha value is -0.850. The van der Waals surface area contributed by atoms with Gasteiger partial charge in [0.2, 0.25) is 0 Å². The zero-order chi connectivity index (χ0) is 5.41. The van der Waals surface area contributed by atoms with Crippen molar-refractivity contribution in [1.29, 1.82) is 0 Å². The Kier molecular flexibility index (Phi) is 46.4. The largest absolute Gasteiger partial charge is 0.307 e. The third-order valence-electron chi connectivity index (χ3n) is 0.167. The third-order valence-corrected chi connectivity index (χ3v) is 0.167. The van der Waals surface area contributed by atoms with Gasteiger partial charge < -0.3 is 4.79 Å². The molecular weight excluding hydrogens is 76.1 g/mol. The van der Waals surface area contributed by atoms with Crippen LogP contribution in [-0.4, -0.2) is 6.79 Å². The molecule has 0 amide bonds. The van der Waals surface area contributed by atoms with Gasteiger partial charge in [-0.3, -0.25) is 0 Å². The highest BCUT2D eigenvalue weighted by atomic mass is 16.1. The van der Waals surface area contributed by atoms with Crippen LogP contribution in [0.15, 0.2) is 25.3 Å². The van der Waals surface area contributed by atoms with E-state index < -0.39 is 0 Å². The fourth-order valence-electron chi connectivity index (χ4n) is 0. The van der Waals surface area contributed by atoms with Crippen LogP contribution < -0.4 is 0 Å². The molecule has 0 aliphatic rings. The van der Waals surface area contributed by atoms with E-state index in [0.29, 0.717) is 0 Å². The monoisotopic (exact) mass is 84.1 g/mol. The number of hydrogen-bond donors (Lipinski definition) is 0. The summed E-state index contributed by atoms with van der Waals surface area (Å²) in [6.07, 6.45) is 3.28. The smallest absolute Gasteiger partial charge is 0.106 e. The standard InChI is InChI=1S/C4H6.CH2O/c1-3-4-2;1-2/h3-4H,1-2H2;1H2. The minimum Gasteiger partial charge on any atom is -0.307 e. The molecule has 6 heavy (non-hydrogen) atoms. The van der Waals surface area contributed by atoms with Crippen molar-refractivity contribution >= 4 is 6.79 Å². The van der Waals surface area contributed by atoms with E-state index in [4.69, 9.17) is 4.79 Å². The average Bonchev–Trinajstić information content (AvgIpc) is 1.72. The molecule has 0 aliphatic heterocycles. The van der Waals surface area contributed by atoms with E-state index >= 15 is 0 Å². The van der Waals surface area contributed by atoms with E-state index in [1.54, 1.807) is 12.2 Å². The molecule has 0 unspecified atom stereocenters. The van der Waals surface area contributed by atoms with Crippen molar-refractivity contribution in [2.24, 2.45) is 0 Å². The molecule has 0 N–H and O–H groups in total. The first kappa shape index (κ1) is 8.94. The highest BCUT2D eigenvalue weighted by Gasteiger charge is 1.29. The maximum Gasteiger partial charge on any atom is 0.106 e. The predicted molar refractivity (Wildman–Crippen MR) is 27.5 cm³/mol. The summed E-state index contributed by atoms with van der Waals surface area (Å²) in [6, 6.07) is 0. The van der Waals surface area contributed by atoms with Gasteiger partial charge in [0.05, 0.1) is 0 Å². The van der Waals surface area contributed by atoms with Crippen molar-refractivity contribution in [3.8, 4) is 0 Å². The third kappa shape index (κ3) is 647. The molecule has 0 aromatic carbocycles. The quantitative estimate of drug-likeness (QED) is 0.436. The van der Waals surface area contributed by atoms with Gasteiger partial charge in [-0.05, 0) is 0 Å². The van der Waals surface area contributed by atoms with E-state index in [-0.39, 0.29) is 0 Å². The van der Waals surface area contributed by atoms with Gasteiger partial charge in [-0.1, -0.05) is 25.3 Å².